The minimum absolute atomic E-state index is 0.207. The maximum atomic E-state index is 13.3. The largest absolute Gasteiger partial charge is 0.496 e. The van der Waals surface area contributed by atoms with Gasteiger partial charge in [0.25, 0.3) is 5.91 Å². The SMILES string of the molecule is COc1cccc(OC)c1CNC(=O)c1nc(-c2ccccc2)oc1-c1ccc(N(C)C)cc1. The molecular formula is C27H27N3O4. The molecule has 7 nitrogen and oxygen atoms in total. The van der Waals surface area contributed by atoms with Crippen LogP contribution < -0.4 is 19.7 Å². The first kappa shape index (κ1) is 22.9. The number of oxazole rings is 1. The Morgan fingerprint density at radius 1 is 0.882 bits per heavy atom. The molecule has 1 heterocycles. The summed E-state index contributed by atoms with van der Waals surface area (Å²) in [5.41, 5.74) is 3.55. The molecular weight excluding hydrogens is 430 g/mol. The quantitative estimate of drug-likeness (QED) is 0.400. The van der Waals surface area contributed by atoms with Gasteiger partial charge in [-0.25, -0.2) is 4.98 Å². The van der Waals surface area contributed by atoms with E-state index in [-0.39, 0.29) is 18.1 Å². The molecule has 34 heavy (non-hydrogen) atoms. The highest BCUT2D eigenvalue weighted by Crippen LogP contribution is 2.32. The monoisotopic (exact) mass is 457 g/mol. The van der Waals surface area contributed by atoms with E-state index in [2.05, 4.69) is 10.3 Å². The number of hydrogen-bond acceptors (Lipinski definition) is 6. The molecule has 4 rings (SSSR count). The fraction of sp³-hybridized carbons (Fsp3) is 0.185. The van der Waals surface area contributed by atoms with Crippen LogP contribution in [0.4, 0.5) is 5.69 Å². The molecule has 3 aromatic carbocycles. The molecule has 0 aliphatic carbocycles. The Morgan fingerprint density at radius 3 is 2.12 bits per heavy atom. The molecule has 1 aromatic heterocycles. The predicted molar refractivity (Wildman–Crippen MR) is 132 cm³/mol. The first-order chi connectivity index (χ1) is 16.5. The topological polar surface area (TPSA) is 76.8 Å². The zero-order chi connectivity index (χ0) is 24.1. The zero-order valence-electron chi connectivity index (χ0n) is 19.7. The second kappa shape index (κ2) is 10.1. The van der Waals surface area contributed by atoms with Gasteiger partial charge >= 0.3 is 0 Å². The summed E-state index contributed by atoms with van der Waals surface area (Å²) in [5.74, 6) is 1.69. The van der Waals surface area contributed by atoms with Gasteiger partial charge in [0, 0.05) is 30.9 Å². The summed E-state index contributed by atoms with van der Waals surface area (Å²) in [5, 5.41) is 2.94. The summed E-state index contributed by atoms with van der Waals surface area (Å²) in [4.78, 5) is 19.9. The van der Waals surface area contributed by atoms with Crippen LogP contribution in [0.5, 0.6) is 11.5 Å². The molecule has 7 heteroatoms. The number of benzene rings is 3. The number of anilines is 1. The summed E-state index contributed by atoms with van der Waals surface area (Å²) >= 11 is 0. The summed E-state index contributed by atoms with van der Waals surface area (Å²) in [6.45, 7) is 0.207. The number of amides is 1. The highest BCUT2D eigenvalue weighted by atomic mass is 16.5. The van der Waals surface area contributed by atoms with Crippen molar-refractivity contribution in [2.45, 2.75) is 6.54 Å². The lowest BCUT2D eigenvalue weighted by Gasteiger charge is -2.13. The van der Waals surface area contributed by atoms with Crippen molar-refractivity contribution in [3.05, 3.63) is 84.1 Å². The van der Waals surface area contributed by atoms with E-state index in [0.29, 0.717) is 23.1 Å². The fourth-order valence-corrected chi connectivity index (χ4v) is 3.64. The molecule has 0 spiro atoms. The van der Waals surface area contributed by atoms with E-state index in [9.17, 15) is 4.79 Å². The molecule has 1 amide bonds. The average Bonchev–Trinajstić information content (AvgIpc) is 3.33. The van der Waals surface area contributed by atoms with E-state index in [1.54, 1.807) is 14.2 Å². The lowest BCUT2D eigenvalue weighted by Crippen LogP contribution is -2.24. The van der Waals surface area contributed by atoms with Gasteiger partial charge in [-0.2, -0.15) is 0 Å². The molecule has 0 bridgehead atoms. The summed E-state index contributed by atoms with van der Waals surface area (Å²) in [6.07, 6.45) is 0. The Labute approximate surface area is 199 Å². The van der Waals surface area contributed by atoms with Crippen molar-refractivity contribution >= 4 is 11.6 Å². The number of rotatable bonds is 8. The van der Waals surface area contributed by atoms with Gasteiger partial charge in [0.05, 0.1) is 26.3 Å². The Balaban J connectivity index is 1.69. The number of carbonyl (C=O) groups excluding carboxylic acids is 1. The van der Waals surface area contributed by atoms with Crippen molar-refractivity contribution in [3.8, 4) is 34.3 Å². The minimum atomic E-state index is -0.356. The van der Waals surface area contributed by atoms with Crippen molar-refractivity contribution in [2.75, 3.05) is 33.2 Å². The Hall–Kier alpha value is -4.26. The lowest BCUT2D eigenvalue weighted by molar-refractivity contribution is 0.0946. The number of aromatic nitrogens is 1. The molecule has 0 fully saturated rings. The summed E-state index contributed by atoms with van der Waals surface area (Å²) < 4.78 is 17.0. The molecule has 0 aliphatic heterocycles. The molecule has 1 N–H and O–H groups in total. The molecule has 0 radical (unpaired) electrons. The molecule has 0 aliphatic rings. The van der Waals surface area contributed by atoms with Crippen LogP contribution in [0.3, 0.4) is 0 Å². The fourth-order valence-electron chi connectivity index (χ4n) is 3.64. The van der Waals surface area contributed by atoms with Gasteiger partial charge in [0.2, 0.25) is 5.89 Å². The molecule has 0 atom stereocenters. The van der Waals surface area contributed by atoms with E-state index >= 15 is 0 Å². The van der Waals surface area contributed by atoms with E-state index in [1.165, 1.54) is 0 Å². The van der Waals surface area contributed by atoms with Crippen LogP contribution in [0.15, 0.2) is 77.2 Å². The van der Waals surface area contributed by atoms with Gasteiger partial charge in [0.15, 0.2) is 11.5 Å². The molecule has 174 valence electrons. The van der Waals surface area contributed by atoms with Gasteiger partial charge in [-0.05, 0) is 48.5 Å². The van der Waals surface area contributed by atoms with Gasteiger partial charge in [-0.1, -0.05) is 24.3 Å². The minimum Gasteiger partial charge on any atom is -0.496 e. The van der Waals surface area contributed by atoms with Crippen LogP contribution in [0.1, 0.15) is 16.1 Å². The highest BCUT2D eigenvalue weighted by Gasteiger charge is 2.23. The third-order valence-corrected chi connectivity index (χ3v) is 5.46. The maximum absolute atomic E-state index is 13.3. The second-order valence-corrected chi connectivity index (χ2v) is 7.83. The maximum Gasteiger partial charge on any atom is 0.274 e. The molecule has 0 saturated carbocycles. The van der Waals surface area contributed by atoms with Crippen molar-refractivity contribution in [2.24, 2.45) is 0 Å². The number of methoxy groups -OCH3 is 2. The number of nitrogens with one attached hydrogen (secondary N) is 1. The number of hydrogen-bond donors (Lipinski definition) is 1. The first-order valence-electron chi connectivity index (χ1n) is 10.8. The smallest absolute Gasteiger partial charge is 0.274 e. The second-order valence-electron chi connectivity index (χ2n) is 7.83. The standard InChI is InChI=1S/C27H27N3O4/c1-30(2)20-15-13-18(14-16-20)25-24(29-27(34-25)19-9-6-5-7-10-19)26(31)28-17-21-22(32-3)11-8-12-23(21)33-4/h5-16H,17H2,1-4H3,(H,28,31). The number of carbonyl (C=O) groups is 1. The molecule has 4 aromatic rings. The van der Waals surface area contributed by atoms with E-state index in [1.807, 2.05) is 91.8 Å². The van der Waals surface area contributed by atoms with E-state index in [0.717, 1.165) is 22.4 Å². The Bertz CT molecular complexity index is 1240. The lowest BCUT2D eigenvalue weighted by atomic mass is 10.1. The van der Waals surface area contributed by atoms with Gasteiger partial charge < -0.3 is 24.1 Å². The van der Waals surface area contributed by atoms with Crippen molar-refractivity contribution in [3.63, 3.8) is 0 Å². The van der Waals surface area contributed by atoms with Crippen LogP contribution in [0, 0.1) is 0 Å². The zero-order valence-corrected chi connectivity index (χ0v) is 19.7. The van der Waals surface area contributed by atoms with Crippen LogP contribution in [-0.2, 0) is 6.54 Å². The van der Waals surface area contributed by atoms with Crippen molar-refractivity contribution in [1.29, 1.82) is 0 Å². The van der Waals surface area contributed by atoms with Crippen LogP contribution in [0.2, 0.25) is 0 Å². The summed E-state index contributed by atoms with van der Waals surface area (Å²) in [7, 11) is 7.11. The average molecular weight is 458 g/mol. The normalized spacial score (nSPS) is 10.6. The number of ether oxygens (including phenoxy) is 2. The van der Waals surface area contributed by atoms with E-state index < -0.39 is 0 Å². The van der Waals surface area contributed by atoms with Gasteiger partial charge in [-0.3, -0.25) is 4.79 Å². The van der Waals surface area contributed by atoms with Crippen LogP contribution >= 0.6 is 0 Å². The number of nitrogens with zero attached hydrogens (tertiary/aromatic N) is 2. The Kier molecular flexibility index (Phi) is 6.82. The van der Waals surface area contributed by atoms with Gasteiger partial charge in [0.1, 0.15) is 11.5 Å². The third kappa shape index (κ3) is 4.73. The molecule has 0 unspecified atom stereocenters. The highest BCUT2D eigenvalue weighted by molar-refractivity contribution is 5.98. The van der Waals surface area contributed by atoms with Crippen LogP contribution in [0.25, 0.3) is 22.8 Å². The summed E-state index contributed by atoms with van der Waals surface area (Å²) in [6, 6.07) is 22.8. The van der Waals surface area contributed by atoms with Crippen molar-refractivity contribution in [1.82, 2.24) is 10.3 Å². The molecule has 0 saturated heterocycles. The predicted octanol–water partition coefficient (Wildman–Crippen LogP) is 5.02. The van der Waals surface area contributed by atoms with Crippen molar-refractivity contribution < 1.29 is 18.7 Å². The Morgan fingerprint density at radius 2 is 1.53 bits per heavy atom. The van der Waals surface area contributed by atoms with Crippen LogP contribution in [-0.4, -0.2) is 39.2 Å². The van der Waals surface area contributed by atoms with Gasteiger partial charge in [-0.15, -0.1) is 0 Å². The first-order valence-corrected chi connectivity index (χ1v) is 10.8. The third-order valence-electron chi connectivity index (χ3n) is 5.46. The van der Waals surface area contributed by atoms with E-state index in [4.69, 9.17) is 13.9 Å².